The molecule has 0 unspecified atom stereocenters. The fourth-order valence-corrected chi connectivity index (χ4v) is 4.04. The molecule has 0 bridgehead atoms. The molecule has 8 heteroatoms. The number of aromatic amines is 1. The van der Waals surface area contributed by atoms with E-state index in [-0.39, 0.29) is 17.9 Å². The van der Waals surface area contributed by atoms with E-state index in [0.29, 0.717) is 35.4 Å². The Balaban J connectivity index is 1.27. The quantitative estimate of drug-likeness (QED) is 0.413. The van der Waals surface area contributed by atoms with Crippen LogP contribution in [0.2, 0.25) is 0 Å². The van der Waals surface area contributed by atoms with Gasteiger partial charge < -0.3 is 14.8 Å². The van der Waals surface area contributed by atoms with Gasteiger partial charge >= 0.3 is 12.0 Å². The van der Waals surface area contributed by atoms with Gasteiger partial charge in [-0.25, -0.2) is 24.1 Å². The van der Waals surface area contributed by atoms with Crippen LogP contribution in [-0.4, -0.2) is 37.1 Å². The lowest BCUT2D eigenvalue weighted by Crippen LogP contribution is -2.22. The Hall–Kier alpha value is -4.07. The Bertz CT molecular complexity index is 1300. The summed E-state index contributed by atoms with van der Waals surface area (Å²) in [5.41, 5.74) is 4.28. The molecule has 33 heavy (non-hydrogen) atoms. The fourth-order valence-electron chi connectivity index (χ4n) is 4.04. The number of carboxylic acids is 1. The number of hydrogen-bond donors (Lipinski definition) is 2. The summed E-state index contributed by atoms with van der Waals surface area (Å²) in [6.07, 6.45) is 7.25. The third kappa shape index (κ3) is 4.59. The molecule has 166 valence electrons. The van der Waals surface area contributed by atoms with Crippen molar-refractivity contribution in [2.24, 2.45) is 0 Å². The topological polar surface area (TPSA) is 101 Å². The van der Waals surface area contributed by atoms with Gasteiger partial charge in [-0.3, -0.25) is 0 Å². The molecule has 2 N–H and O–H groups in total. The number of aliphatic carboxylic acids is 1. The fraction of sp³-hybridized carbons (Fsp3) is 0.200. The van der Waals surface area contributed by atoms with Crippen molar-refractivity contribution in [3.63, 3.8) is 0 Å². The molecule has 0 aliphatic heterocycles. The van der Waals surface area contributed by atoms with Gasteiger partial charge in [0.05, 0.1) is 16.6 Å². The van der Waals surface area contributed by atoms with Crippen LogP contribution >= 0.6 is 0 Å². The maximum atomic E-state index is 14.9. The van der Waals surface area contributed by atoms with Crippen molar-refractivity contribution in [1.29, 1.82) is 0 Å². The van der Waals surface area contributed by atoms with Gasteiger partial charge in [0.1, 0.15) is 17.7 Å². The minimum atomic E-state index is -0.912. The Morgan fingerprint density at radius 2 is 1.85 bits per heavy atom. The number of fused-ring (bicyclic) bond motifs is 1. The van der Waals surface area contributed by atoms with Gasteiger partial charge in [0, 0.05) is 24.0 Å². The smallest absolute Gasteiger partial charge is 0.328 e. The average Bonchev–Trinajstić information content (AvgIpc) is 3.24. The van der Waals surface area contributed by atoms with Crippen molar-refractivity contribution >= 4 is 17.0 Å². The number of halogens is 1. The molecule has 1 aliphatic carbocycles. The summed E-state index contributed by atoms with van der Waals surface area (Å²) in [4.78, 5) is 26.9. The highest BCUT2D eigenvalue weighted by atomic mass is 19.1. The largest absolute Gasteiger partial charge is 0.478 e. The normalized spacial score (nSPS) is 16.0. The van der Waals surface area contributed by atoms with Crippen LogP contribution in [-0.2, 0) is 4.79 Å². The first-order chi connectivity index (χ1) is 16.0. The molecule has 5 rings (SSSR count). The number of H-pyrrole nitrogens is 1. The number of ether oxygens (including phenoxy) is 1. The summed E-state index contributed by atoms with van der Waals surface area (Å²) in [6.45, 7) is 0. The number of hydrogen-bond acceptors (Lipinski definition) is 5. The first-order valence-corrected chi connectivity index (χ1v) is 10.7. The zero-order chi connectivity index (χ0) is 22.8. The Kier molecular flexibility index (Phi) is 5.56. The molecule has 0 amide bonds. The Morgan fingerprint density at radius 1 is 1.09 bits per heavy atom. The zero-order valence-electron chi connectivity index (χ0n) is 17.7. The predicted octanol–water partition coefficient (Wildman–Crippen LogP) is 5.16. The van der Waals surface area contributed by atoms with Crippen LogP contribution in [0.5, 0.6) is 6.01 Å². The van der Waals surface area contributed by atoms with E-state index in [1.54, 1.807) is 18.5 Å². The molecule has 2 aromatic heterocycles. The lowest BCUT2D eigenvalue weighted by atomic mass is 9.92. The lowest BCUT2D eigenvalue weighted by molar-refractivity contribution is -0.131. The van der Waals surface area contributed by atoms with E-state index in [1.165, 1.54) is 12.1 Å². The third-order valence-electron chi connectivity index (χ3n) is 5.75. The Morgan fingerprint density at radius 3 is 2.55 bits per heavy atom. The number of nitrogens with one attached hydrogen (secondary N) is 1. The lowest BCUT2D eigenvalue weighted by Gasteiger charge is -2.23. The summed E-state index contributed by atoms with van der Waals surface area (Å²) in [6, 6.07) is 12.8. The van der Waals surface area contributed by atoms with Gasteiger partial charge in [-0.1, -0.05) is 23.8 Å². The summed E-state index contributed by atoms with van der Waals surface area (Å²) >= 11 is 0. The van der Waals surface area contributed by atoms with Crippen LogP contribution in [0.1, 0.15) is 25.7 Å². The third-order valence-corrected chi connectivity index (χ3v) is 5.75. The van der Waals surface area contributed by atoms with E-state index in [0.717, 1.165) is 29.4 Å². The first kappa shape index (κ1) is 20.8. The minimum absolute atomic E-state index is 0.0534. The van der Waals surface area contributed by atoms with E-state index in [9.17, 15) is 9.18 Å². The number of para-hydroxylation sites is 2. The molecular weight excluding hydrogens is 423 g/mol. The number of nitrogens with zero attached hydrogens (tertiary/aromatic N) is 3. The van der Waals surface area contributed by atoms with Gasteiger partial charge in [0.2, 0.25) is 0 Å². The second-order valence-electron chi connectivity index (χ2n) is 8.01. The molecule has 4 aromatic rings. The zero-order valence-corrected chi connectivity index (χ0v) is 17.7. The van der Waals surface area contributed by atoms with Crippen molar-refractivity contribution < 1.29 is 19.0 Å². The average molecular weight is 444 g/mol. The molecule has 7 nitrogen and oxygen atoms in total. The second kappa shape index (κ2) is 8.82. The maximum Gasteiger partial charge on any atom is 0.328 e. The SMILES string of the molecule is O=C(O)C=C1CCC(Oc2ncc(-c3ccc(-c4nc5ccccc5[nH]4)c(F)c3)cn2)CC1. The maximum absolute atomic E-state index is 14.9. The summed E-state index contributed by atoms with van der Waals surface area (Å²) in [5.74, 6) is -0.821. The highest BCUT2D eigenvalue weighted by molar-refractivity contribution is 5.81. The van der Waals surface area contributed by atoms with Crippen LogP contribution in [0.25, 0.3) is 33.5 Å². The minimum Gasteiger partial charge on any atom is -0.478 e. The van der Waals surface area contributed by atoms with E-state index in [4.69, 9.17) is 9.84 Å². The van der Waals surface area contributed by atoms with Crippen molar-refractivity contribution in [2.75, 3.05) is 0 Å². The van der Waals surface area contributed by atoms with Crippen LogP contribution in [0.3, 0.4) is 0 Å². The molecular formula is C25H21FN4O3. The molecule has 1 fully saturated rings. The standard InChI is InChI=1S/C25H21FN4O3/c26-20-12-16(7-10-19(20)24-29-21-3-1-2-4-22(21)30-24)17-13-27-25(28-14-17)33-18-8-5-15(6-9-18)11-23(31)32/h1-4,7,10-14,18H,5-6,8-9H2,(H,29,30)(H,31,32). The van der Waals surface area contributed by atoms with E-state index in [2.05, 4.69) is 19.9 Å². The number of allylic oxidation sites excluding steroid dienone is 1. The van der Waals surface area contributed by atoms with E-state index < -0.39 is 5.97 Å². The highest BCUT2D eigenvalue weighted by Crippen LogP contribution is 2.29. The summed E-state index contributed by atoms with van der Waals surface area (Å²) in [7, 11) is 0. The van der Waals surface area contributed by atoms with Gasteiger partial charge in [0.25, 0.3) is 0 Å². The number of aromatic nitrogens is 4. The number of benzene rings is 2. The van der Waals surface area contributed by atoms with E-state index >= 15 is 0 Å². The molecule has 1 saturated carbocycles. The van der Waals surface area contributed by atoms with Crippen LogP contribution in [0.15, 0.2) is 66.5 Å². The van der Waals surface area contributed by atoms with Crippen molar-refractivity contribution in [2.45, 2.75) is 31.8 Å². The van der Waals surface area contributed by atoms with Gasteiger partial charge in [-0.2, -0.15) is 0 Å². The van der Waals surface area contributed by atoms with E-state index in [1.807, 2.05) is 30.3 Å². The number of rotatable bonds is 5. The van der Waals surface area contributed by atoms with Crippen molar-refractivity contribution in [3.8, 4) is 28.5 Å². The molecule has 2 heterocycles. The molecule has 0 spiro atoms. The first-order valence-electron chi connectivity index (χ1n) is 10.7. The van der Waals surface area contributed by atoms with Crippen LogP contribution < -0.4 is 4.74 Å². The van der Waals surface area contributed by atoms with Crippen molar-refractivity contribution in [3.05, 3.63) is 72.3 Å². The summed E-state index contributed by atoms with van der Waals surface area (Å²) in [5, 5.41) is 8.85. The number of carboxylic acid groups (broad SMARTS) is 1. The molecule has 1 aliphatic rings. The number of imidazole rings is 1. The highest BCUT2D eigenvalue weighted by Gasteiger charge is 2.20. The Labute approximate surface area is 189 Å². The van der Waals surface area contributed by atoms with Crippen molar-refractivity contribution in [1.82, 2.24) is 19.9 Å². The van der Waals surface area contributed by atoms with Gasteiger partial charge in [-0.05, 0) is 55.5 Å². The van der Waals surface area contributed by atoms with Crippen LogP contribution in [0, 0.1) is 5.82 Å². The predicted molar refractivity (Wildman–Crippen MR) is 121 cm³/mol. The molecule has 0 saturated heterocycles. The molecule has 2 aromatic carbocycles. The number of carbonyl (C=O) groups is 1. The second-order valence-corrected chi connectivity index (χ2v) is 8.01. The summed E-state index contributed by atoms with van der Waals surface area (Å²) < 4.78 is 20.7. The van der Waals surface area contributed by atoms with Crippen LogP contribution in [0.4, 0.5) is 4.39 Å². The monoisotopic (exact) mass is 444 g/mol. The van der Waals surface area contributed by atoms with Gasteiger partial charge in [0.15, 0.2) is 0 Å². The molecule has 0 atom stereocenters. The van der Waals surface area contributed by atoms with Gasteiger partial charge in [-0.15, -0.1) is 0 Å². The molecule has 0 radical (unpaired) electrons.